The molecule has 1 aromatic carbocycles. The van der Waals surface area contributed by atoms with Crippen LogP contribution in [0.25, 0.3) is 5.57 Å². The molecule has 0 fully saturated rings. The number of nitrogens with zero attached hydrogens (tertiary/aromatic N) is 1. The molecular formula is C40H59N3O. The van der Waals surface area contributed by atoms with E-state index in [9.17, 15) is 0 Å². The van der Waals surface area contributed by atoms with E-state index in [1.807, 2.05) is 0 Å². The van der Waals surface area contributed by atoms with Crippen LogP contribution < -0.4 is 16.0 Å². The number of rotatable bonds is 8. The summed E-state index contributed by atoms with van der Waals surface area (Å²) in [6.07, 6.45) is 2.09. The van der Waals surface area contributed by atoms with Crippen LogP contribution in [0.2, 0.25) is 0 Å². The lowest BCUT2D eigenvalue weighted by Crippen LogP contribution is -2.55. The highest BCUT2D eigenvalue weighted by Crippen LogP contribution is 2.70. The Kier molecular flexibility index (Phi) is 8.70. The third-order valence-corrected chi connectivity index (χ3v) is 11.3. The Labute approximate surface area is 268 Å². The minimum Gasteiger partial charge on any atom is -0.479 e. The van der Waals surface area contributed by atoms with Crippen LogP contribution in [-0.2, 0) is 17.7 Å². The number of fused-ring (bicyclic) bond motifs is 3. The molecule has 0 aromatic heterocycles. The zero-order chi connectivity index (χ0) is 33.3. The van der Waals surface area contributed by atoms with Crippen molar-refractivity contribution in [1.29, 1.82) is 0 Å². The van der Waals surface area contributed by atoms with Crippen LogP contribution in [0.5, 0.6) is 0 Å². The third kappa shape index (κ3) is 5.16. The Morgan fingerprint density at radius 3 is 2.27 bits per heavy atom. The summed E-state index contributed by atoms with van der Waals surface area (Å²) in [6, 6.07) is 2.35. The van der Waals surface area contributed by atoms with Crippen LogP contribution in [0.15, 0.2) is 71.8 Å². The van der Waals surface area contributed by atoms with E-state index in [4.69, 9.17) is 23.6 Å². The van der Waals surface area contributed by atoms with Crippen LogP contribution in [0.1, 0.15) is 91.0 Å². The number of nitrogens with one attached hydrogen (secondary N) is 1. The first kappa shape index (κ1) is 33.7. The average Bonchev–Trinajstić information content (AvgIpc) is 2.88. The summed E-state index contributed by atoms with van der Waals surface area (Å²) in [7, 11) is 4.31. The Balaban J connectivity index is 1.86. The molecule has 4 heteroatoms. The quantitative estimate of drug-likeness (QED) is 0.293. The Hall–Kier alpha value is -3.14. The average molecular weight is 598 g/mol. The molecule has 0 bridgehead atoms. The molecule has 0 saturated carbocycles. The zero-order valence-electron chi connectivity index (χ0n) is 29.9. The fourth-order valence-corrected chi connectivity index (χ4v) is 9.28. The standard InChI is InChI=1S/C40H59N3O/c1-22(2)37-25(5)35(28(8)41)26(6)40(14)27(7)36-24(4)34-23(3)31(20-42-29(9)44-21-38(10,11)12)18-33(43(15)16)32(34)17-30(36)19-39(37,40)13/h18,22,30,37,42H,4,6,8-9,17,19-21,41H2,1-3,5,7,10-16H3/t30-,37+,39-,40-/m0/s1. The molecule has 0 spiro atoms. The van der Waals surface area contributed by atoms with Crippen molar-refractivity contribution in [3.8, 4) is 0 Å². The van der Waals surface area contributed by atoms with E-state index >= 15 is 0 Å². The van der Waals surface area contributed by atoms with Gasteiger partial charge in [-0.15, -0.1) is 0 Å². The second-order valence-corrected chi connectivity index (χ2v) is 16.0. The minimum atomic E-state index is -0.259. The first-order chi connectivity index (χ1) is 20.2. The van der Waals surface area contributed by atoms with Crippen molar-refractivity contribution in [2.75, 3.05) is 25.6 Å². The van der Waals surface area contributed by atoms with Crippen molar-refractivity contribution in [1.82, 2.24) is 5.32 Å². The van der Waals surface area contributed by atoms with Crippen LogP contribution in [0.4, 0.5) is 5.69 Å². The van der Waals surface area contributed by atoms with Crippen molar-refractivity contribution < 1.29 is 4.74 Å². The smallest absolute Gasteiger partial charge is 0.179 e. The molecule has 4 atom stereocenters. The maximum absolute atomic E-state index is 6.50. The number of anilines is 1. The second-order valence-electron chi connectivity index (χ2n) is 16.0. The van der Waals surface area contributed by atoms with Crippen molar-refractivity contribution in [2.24, 2.45) is 39.7 Å². The van der Waals surface area contributed by atoms with Crippen LogP contribution in [0.3, 0.4) is 0 Å². The lowest BCUT2D eigenvalue weighted by Gasteiger charge is -2.63. The predicted octanol–water partition coefficient (Wildman–Crippen LogP) is 9.23. The van der Waals surface area contributed by atoms with E-state index in [1.54, 1.807) is 0 Å². The zero-order valence-corrected chi connectivity index (χ0v) is 29.9. The highest BCUT2D eigenvalue weighted by Gasteiger charge is 2.61. The van der Waals surface area contributed by atoms with E-state index in [0.29, 0.717) is 42.5 Å². The van der Waals surface area contributed by atoms with Crippen LogP contribution in [0, 0.1) is 40.9 Å². The van der Waals surface area contributed by atoms with E-state index in [0.717, 1.165) is 29.6 Å². The highest BCUT2D eigenvalue weighted by molar-refractivity contribution is 5.88. The molecule has 0 radical (unpaired) electrons. The summed E-state index contributed by atoms with van der Waals surface area (Å²) < 4.78 is 5.94. The van der Waals surface area contributed by atoms with Crippen molar-refractivity contribution in [2.45, 2.75) is 88.6 Å². The molecule has 0 aliphatic heterocycles. The van der Waals surface area contributed by atoms with E-state index in [2.05, 4.69) is 113 Å². The molecule has 0 heterocycles. The molecule has 44 heavy (non-hydrogen) atoms. The topological polar surface area (TPSA) is 50.5 Å². The second kappa shape index (κ2) is 11.3. The number of nitrogens with two attached hydrogens (primary N) is 1. The molecule has 0 amide bonds. The third-order valence-electron chi connectivity index (χ3n) is 11.3. The molecule has 4 nitrogen and oxygen atoms in total. The van der Waals surface area contributed by atoms with Crippen molar-refractivity contribution >= 4 is 11.3 Å². The summed E-state index contributed by atoms with van der Waals surface area (Å²) in [5, 5.41) is 3.44. The summed E-state index contributed by atoms with van der Waals surface area (Å²) in [5.74, 6) is 1.84. The van der Waals surface area contributed by atoms with Gasteiger partial charge in [0.1, 0.15) is 0 Å². The fraction of sp³-hybridized carbons (Fsp3) is 0.550. The highest BCUT2D eigenvalue weighted by atomic mass is 16.5. The van der Waals surface area contributed by atoms with Crippen molar-refractivity contribution in [3.05, 3.63) is 94.1 Å². The summed E-state index contributed by atoms with van der Waals surface area (Å²) in [5.41, 5.74) is 20.9. The van der Waals surface area contributed by atoms with E-state index < -0.39 is 0 Å². The fourth-order valence-electron chi connectivity index (χ4n) is 9.28. The van der Waals surface area contributed by atoms with Gasteiger partial charge in [0.05, 0.1) is 6.61 Å². The maximum Gasteiger partial charge on any atom is 0.179 e. The number of hydrogen-bond donors (Lipinski definition) is 2. The molecule has 4 rings (SSSR count). The van der Waals surface area contributed by atoms with Crippen LogP contribution in [-0.4, -0.2) is 20.7 Å². The van der Waals surface area contributed by atoms with Gasteiger partial charge in [-0.3, -0.25) is 0 Å². The number of ether oxygens (including phenoxy) is 1. The summed E-state index contributed by atoms with van der Waals surface area (Å²) in [4.78, 5) is 2.27. The lowest BCUT2D eigenvalue weighted by molar-refractivity contribution is 0.0120. The van der Waals surface area contributed by atoms with Gasteiger partial charge in [-0.2, -0.15) is 0 Å². The van der Waals surface area contributed by atoms with Crippen LogP contribution >= 0.6 is 0 Å². The predicted molar refractivity (Wildman–Crippen MR) is 190 cm³/mol. The largest absolute Gasteiger partial charge is 0.479 e. The molecule has 240 valence electrons. The molecule has 3 aliphatic carbocycles. The Morgan fingerprint density at radius 1 is 1.14 bits per heavy atom. The van der Waals surface area contributed by atoms with Gasteiger partial charge in [0, 0.05) is 37.4 Å². The Bertz CT molecular complexity index is 1490. The molecule has 3 N–H and O–H groups in total. The number of allylic oxidation sites excluding steroid dienone is 5. The van der Waals surface area contributed by atoms with Gasteiger partial charge in [-0.1, -0.05) is 79.3 Å². The van der Waals surface area contributed by atoms with Gasteiger partial charge in [-0.05, 0) is 119 Å². The normalized spacial score (nSPS) is 26.8. The molecule has 0 unspecified atom stereocenters. The first-order valence-electron chi connectivity index (χ1n) is 16.3. The molecular weight excluding hydrogens is 538 g/mol. The van der Waals surface area contributed by atoms with Gasteiger partial charge in [0.2, 0.25) is 0 Å². The van der Waals surface area contributed by atoms with Gasteiger partial charge in [-0.25, -0.2) is 0 Å². The maximum atomic E-state index is 6.50. The molecule has 3 aliphatic rings. The summed E-state index contributed by atoms with van der Waals surface area (Å²) >= 11 is 0. The lowest BCUT2D eigenvalue weighted by atomic mass is 9.40. The van der Waals surface area contributed by atoms with E-state index in [-0.39, 0.29) is 16.2 Å². The van der Waals surface area contributed by atoms with Gasteiger partial charge in [0.25, 0.3) is 0 Å². The van der Waals surface area contributed by atoms with Gasteiger partial charge in [0.15, 0.2) is 5.88 Å². The van der Waals surface area contributed by atoms with Gasteiger partial charge >= 0.3 is 0 Å². The number of benzene rings is 1. The molecule has 0 saturated heterocycles. The summed E-state index contributed by atoms with van der Waals surface area (Å²) in [6.45, 7) is 42.3. The van der Waals surface area contributed by atoms with Crippen molar-refractivity contribution in [3.63, 3.8) is 0 Å². The number of hydrogen-bond acceptors (Lipinski definition) is 4. The SMILES string of the molecule is C=C(NCc1cc(N(C)C)c2c(c1C)C(=C)C1=C(C)[C@]3(C)C(=C)C(C(=C)N)=C(C)[C@@H](C(C)C)[C@]3(C)C[C@@H]1C2)OCC(C)(C)C. The monoisotopic (exact) mass is 597 g/mol. The Morgan fingerprint density at radius 2 is 1.75 bits per heavy atom. The molecule has 1 aromatic rings. The minimum absolute atomic E-state index is 0.0120. The van der Waals surface area contributed by atoms with Gasteiger partial charge < -0.3 is 20.7 Å². The first-order valence-corrected chi connectivity index (χ1v) is 16.3. The van der Waals surface area contributed by atoms with E-state index in [1.165, 1.54) is 44.7 Å².